The Labute approximate surface area is 77.4 Å². The maximum absolute atomic E-state index is 10.6. The predicted octanol–water partition coefficient (Wildman–Crippen LogP) is 3.03. The van der Waals surface area contributed by atoms with Crippen molar-refractivity contribution in [3.63, 3.8) is 0 Å². The van der Waals surface area contributed by atoms with Crippen LogP contribution in [0.4, 0.5) is 0 Å². The van der Waals surface area contributed by atoms with Gasteiger partial charge in [-0.25, -0.2) is 0 Å². The van der Waals surface area contributed by atoms with Crippen LogP contribution in [0, 0.1) is 0 Å². The van der Waals surface area contributed by atoms with E-state index in [2.05, 4.69) is 0 Å². The van der Waals surface area contributed by atoms with E-state index in [1.54, 1.807) is 0 Å². The summed E-state index contributed by atoms with van der Waals surface area (Å²) in [4.78, 5) is 10.6. The Morgan fingerprint density at radius 2 is 2.00 bits per heavy atom. The van der Waals surface area contributed by atoms with E-state index < -0.39 is 0 Å². The molecule has 0 saturated carbocycles. The van der Waals surface area contributed by atoms with Gasteiger partial charge < -0.3 is 4.79 Å². The number of carbonyl (C=O) groups excluding carboxylic acids is 1. The van der Waals surface area contributed by atoms with Crippen molar-refractivity contribution < 1.29 is 4.79 Å². The maximum Gasteiger partial charge on any atom is 0.127 e. The summed E-state index contributed by atoms with van der Waals surface area (Å²) in [6.45, 7) is 1.99. The lowest BCUT2D eigenvalue weighted by atomic mass is 9.98. The van der Waals surface area contributed by atoms with Crippen molar-refractivity contribution in [3.05, 3.63) is 34.9 Å². The molecule has 1 nitrogen and oxygen atoms in total. The molecule has 0 aliphatic carbocycles. The molecule has 0 aliphatic rings. The van der Waals surface area contributed by atoms with E-state index in [4.69, 9.17) is 11.6 Å². The summed E-state index contributed by atoms with van der Waals surface area (Å²) in [5, 5.41) is 0.708. The third-order valence-corrected chi connectivity index (χ3v) is 2.15. The van der Waals surface area contributed by atoms with E-state index in [1.807, 2.05) is 31.2 Å². The predicted molar refractivity (Wildman–Crippen MR) is 50.5 cm³/mol. The first-order valence-electron chi connectivity index (χ1n) is 3.98. The van der Waals surface area contributed by atoms with Crippen LogP contribution in [0.25, 0.3) is 0 Å². The smallest absolute Gasteiger partial charge is 0.127 e. The number of carbonyl (C=O) groups is 1. The molecule has 2 heteroatoms. The zero-order chi connectivity index (χ0) is 8.97. The van der Waals surface area contributed by atoms with Crippen molar-refractivity contribution >= 4 is 17.9 Å². The minimum atomic E-state index is 0.0160. The Morgan fingerprint density at radius 1 is 1.42 bits per heavy atom. The summed E-state index contributed by atoms with van der Waals surface area (Å²) in [6.07, 6.45) is 1.81. The van der Waals surface area contributed by atoms with Gasteiger partial charge in [0.25, 0.3) is 0 Å². The van der Waals surface area contributed by atoms with Gasteiger partial charge in [0.15, 0.2) is 0 Å². The van der Waals surface area contributed by atoms with Crippen molar-refractivity contribution in [1.29, 1.82) is 0 Å². The van der Waals surface area contributed by atoms with Gasteiger partial charge in [-0.1, -0.05) is 30.7 Å². The molecule has 64 valence electrons. The Kier molecular flexibility index (Phi) is 3.30. The van der Waals surface area contributed by atoms with Crippen molar-refractivity contribution in [2.24, 2.45) is 0 Å². The van der Waals surface area contributed by atoms with Crippen LogP contribution in [0.5, 0.6) is 0 Å². The molecule has 0 aromatic heterocycles. The van der Waals surface area contributed by atoms with Crippen molar-refractivity contribution in [2.75, 3.05) is 0 Å². The quantitative estimate of drug-likeness (QED) is 0.657. The number of aldehydes is 1. The summed E-state index contributed by atoms with van der Waals surface area (Å²) in [5.41, 5.74) is 1.04. The van der Waals surface area contributed by atoms with Crippen LogP contribution in [0.1, 0.15) is 24.8 Å². The van der Waals surface area contributed by atoms with Gasteiger partial charge in [-0.15, -0.1) is 0 Å². The number of halogens is 1. The molecule has 0 amide bonds. The van der Waals surface area contributed by atoms with Crippen LogP contribution in [-0.4, -0.2) is 6.29 Å². The number of rotatable bonds is 3. The lowest BCUT2D eigenvalue weighted by Crippen LogP contribution is -1.97. The third-order valence-electron chi connectivity index (χ3n) is 1.90. The lowest BCUT2D eigenvalue weighted by Gasteiger charge is -2.06. The van der Waals surface area contributed by atoms with Crippen LogP contribution in [0.3, 0.4) is 0 Å². The molecule has 12 heavy (non-hydrogen) atoms. The topological polar surface area (TPSA) is 17.1 Å². The normalized spacial score (nSPS) is 12.5. The highest BCUT2D eigenvalue weighted by atomic mass is 35.5. The SMILES string of the molecule is CCC(C=O)c1ccc(Cl)cc1. The highest BCUT2D eigenvalue weighted by Crippen LogP contribution is 2.18. The molecule has 0 radical (unpaired) electrons. The van der Waals surface area contributed by atoms with Crippen molar-refractivity contribution in [3.8, 4) is 0 Å². The molecule has 1 aromatic carbocycles. The van der Waals surface area contributed by atoms with Crippen molar-refractivity contribution in [1.82, 2.24) is 0 Å². The van der Waals surface area contributed by atoms with Crippen LogP contribution in [0.15, 0.2) is 24.3 Å². The number of benzene rings is 1. The van der Waals surface area contributed by atoms with Gasteiger partial charge in [0.2, 0.25) is 0 Å². The summed E-state index contributed by atoms with van der Waals surface area (Å²) in [7, 11) is 0. The van der Waals surface area contributed by atoms with E-state index in [1.165, 1.54) is 0 Å². The molecular weight excluding hydrogens is 172 g/mol. The van der Waals surface area contributed by atoms with Gasteiger partial charge in [-0.05, 0) is 24.1 Å². The first-order chi connectivity index (χ1) is 5.77. The zero-order valence-corrected chi connectivity index (χ0v) is 7.71. The standard InChI is InChI=1S/C10H11ClO/c1-2-8(7-12)9-3-5-10(11)6-4-9/h3-8H,2H2,1H3. The van der Waals surface area contributed by atoms with Gasteiger partial charge in [0.05, 0.1) is 0 Å². The second-order valence-electron chi connectivity index (χ2n) is 2.70. The first kappa shape index (κ1) is 9.27. The second kappa shape index (κ2) is 4.27. The molecule has 1 atom stereocenters. The molecule has 1 unspecified atom stereocenters. The van der Waals surface area contributed by atoms with Gasteiger partial charge in [0, 0.05) is 10.9 Å². The maximum atomic E-state index is 10.6. The van der Waals surface area contributed by atoms with Crippen LogP contribution >= 0.6 is 11.6 Å². The molecule has 0 N–H and O–H groups in total. The second-order valence-corrected chi connectivity index (χ2v) is 3.14. The Hall–Kier alpha value is -0.820. The average molecular weight is 183 g/mol. The minimum Gasteiger partial charge on any atom is -0.303 e. The number of hydrogen-bond acceptors (Lipinski definition) is 1. The fraction of sp³-hybridized carbons (Fsp3) is 0.300. The molecule has 0 saturated heterocycles. The van der Waals surface area contributed by atoms with Gasteiger partial charge in [-0.3, -0.25) is 0 Å². The van der Waals surface area contributed by atoms with Crippen LogP contribution in [-0.2, 0) is 4.79 Å². The van der Waals surface area contributed by atoms with Crippen LogP contribution in [0.2, 0.25) is 5.02 Å². The molecular formula is C10H11ClO. The summed E-state index contributed by atoms with van der Waals surface area (Å²) < 4.78 is 0. The Bertz CT molecular complexity index is 253. The van der Waals surface area contributed by atoms with Gasteiger partial charge in [-0.2, -0.15) is 0 Å². The Morgan fingerprint density at radius 3 is 2.42 bits per heavy atom. The highest BCUT2D eigenvalue weighted by Gasteiger charge is 2.06. The van der Waals surface area contributed by atoms with Gasteiger partial charge >= 0.3 is 0 Å². The monoisotopic (exact) mass is 182 g/mol. The first-order valence-corrected chi connectivity index (χ1v) is 4.36. The molecule has 0 fully saturated rings. The molecule has 0 bridgehead atoms. The number of hydrogen-bond donors (Lipinski definition) is 0. The van der Waals surface area contributed by atoms with Gasteiger partial charge in [0.1, 0.15) is 6.29 Å². The highest BCUT2D eigenvalue weighted by molar-refractivity contribution is 6.30. The third kappa shape index (κ3) is 2.08. The summed E-state index contributed by atoms with van der Waals surface area (Å²) >= 11 is 5.71. The minimum absolute atomic E-state index is 0.0160. The fourth-order valence-electron chi connectivity index (χ4n) is 1.12. The van der Waals surface area contributed by atoms with E-state index in [-0.39, 0.29) is 5.92 Å². The Balaban J connectivity index is 2.87. The molecule has 0 aliphatic heterocycles. The summed E-state index contributed by atoms with van der Waals surface area (Å²) in [5.74, 6) is 0.0160. The van der Waals surface area contributed by atoms with E-state index in [9.17, 15) is 4.79 Å². The van der Waals surface area contributed by atoms with E-state index in [0.29, 0.717) is 5.02 Å². The molecule has 0 spiro atoms. The largest absolute Gasteiger partial charge is 0.303 e. The van der Waals surface area contributed by atoms with E-state index >= 15 is 0 Å². The fourth-order valence-corrected chi connectivity index (χ4v) is 1.25. The van der Waals surface area contributed by atoms with Crippen molar-refractivity contribution in [2.45, 2.75) is 19.3 Å². The molecule has 1 rings (SSSR count). The average Bonchev–Trinajstić information content (AvgIpc) is 2.10. The van der Waals surface area contributed by atoms with Crippen LogP contribution < -0.4 is 0 Å². The van der Waals surface area contributed by atoms with E-state index in [0.717, 1.165) is 18.3 Å². The summed E-state index contributed by atoms with van der Waals surface area (Å²) in [6, 6.07) is 7.40. The lowest BCUT2D eigenvalue weighted by molar-refractivity contribution is -0.109. The molecule has 1 aromatic rings. The molecule has 0 heterocycles. The zero-order valence-electron chi connectivity index (χ0n) is 6.96.